The molecule has 1 aliphatic rings. The molecule has 2 amide bonds. The summed E-state index contributed by atoms with van der Waals surface area (Å²) in [6.45, 7) is 8.05. The van der Waals surface area contributed by atoms with Gasteiger partial charge in [0.05, 0.1) is 0 Å². The molecule has 1 unspecified atom stereocenters. The second kappa shape index (κ2) is 7.32. The summed E-state index contributed by atoms with van der Waals surface area (Å²) in [5, 5.41) is 0. The van der Waals surface area contributed by atoms with Crippen LogP contribution in [0.5, 0.6) is 0 Å². The number of rotatable bonds is 4. The molecule has 0 radical (unpaired) electrons. The van der Waals surface area contributed by atoms with Gasteiger partial charge in [0.1, 0.15) is 0 Å². The highest BCUT2D eigenvalue weighted by Crippen LogP contribution is 2.32. The van der Waals surface area contributed by atoms with Gasteiger partial charge in [0.15, 0.2) is 0 Å². The molecule has 4 heteroatoms. The fourth-order valence-electron chi connectivity index (χ4n) is 3.83. The van der Waals surface area contributed by atoms with E-state index in [1.807, 2.05) is 49.1 Å². The van der Waals surface area contributed by atoms with Crippen molar-refractivity contribution in [3.8, 4) is 0 Å². The Bertz CT molecular complexity index is 844. The SMILES string of the molecule is CC(=O)N(CCC(=O)N1c2ccccc2CC1C)c1ccc(C)cc1C. The van der Waals surface area contributed by atoms with Gasteiger partial charge in [-0.15, -0.1) is 0 Å². The molecule has 1 heterocycles. The number of benzene rings is 2. The van der Waals surface area contributed by atoms with E-state index in [2.05, 4.69) is 19.1 Å². The van der Waals surface area contributed by atoms with Crippen LogP contribution in [0.4, 0.5) is 11.4 Å². The van der Waals surface area contributed by atoms with Crippen molar-refractivity contribution in [2.75, 3.05) is 16.3 Å². The Balaban J connectivity index is 1.76. The molecule has 0 saturated carbocycles. The molecule has 26 heavy (non-hydrogen) atoms. The molecule has 0 fully saturated rings. The van der Waals surface area contributed by atoms with Crippen LogP contribution in [0.1, 0.15) is 37.0 Å². The van der Waals surface area contributed by atoms with Crippen LogP contribution in [0, 0.1) is 13.8 Å². The van der Waals surface area contributed by atoms with Gasteiger partial charge in [-0.1, -0.05) is 35.9 Å². The monoisotopic (exact) mass is 350 g/mol. The lowest BCUT2D eigenvalue weighted by Gasteiger charge is -2.26. The van der Waals surface area contributed by atoms with Gasteiger partial charge >= 0.3 is 0 Å². The first-order chi connectivity index (χ1) is 12.4. The van der Waals surface area contributed by atoms with Crippen molar-refractivity contribution in [2.45, 2.75) is 46.6 Å². The summed E-state index contributed by atoms with van der Waals surface area (Å²) in [5.41, 5.74) is 5.31. The Labute approximate surface area is 155 Å². The van der Waals surface area contributed by atoms with Crippen LogP contribution < -0.4 is 9.80 Å². The van der Waals surface area contributed by atoms with E-state index in [9.17, 15) is 9.59 Å². The van der Waals surface area contributed by atoms with Crippen LogP contribution in [0.3, 0.4) is 0 Å². The number of carbonyl (C=O) groups is 2. The Kier molecular flexibility index (Phi) is 5.12. The summed E-state index contributed by atoms with van der Waals surface area (Å²) < 4.78 is 0. The highest BCUT2D eigenvalue weighted by molar-refractivity contribution is 5.98. The lowest BCUT2D eigenvalue weighted by molar-refractivity contribution is -0.119. The molecule has 3 rings (SSSR count). The molecule has 0 spiro atoms. The van der Waals surface area contributed by atoms with E-state index in [0.29, 0.717) is 13.0 Å². The van der Waals surface area contributed by atoms with E-state index in [1.165, 1.54) is 5.56 Å². The normalized spacial score (nSPS) is 15.7. The van der Waals surface area contributed by atoms with Crippen LogP contribution >= 0.6 is 0 Å². The Hall–Kier alpha value is -2.62. The Morgan fingerprint density at radius 2 is 1.88 bits per heavy atom. The molecule has 0 N–H and O–H groups in total. The first-order valence-corrected chi connectivity index (χ1v) is 9.14. The summed E-state index contributed by atoms with van der Waals surface area (Å²) in [7, 11) is 0. The van der Waals surface area contributed by atoms with E-state index >= 15 is 0 Å². The lowest BCUT2D eigenvalue weighted by Crippen LogP contribution is -2.39. The van der Waals surface area contributed by atoms with E-state index in [0.717, 1.165) is 28.9 Å². The zero-order chi connectivity index (χ0) is 18.8. The minimum absolute atomic E-state index is 0.0420. The van der Waals surface area contributed by atoms with E-state index in [4.69, 9.17) is 0 Å². The van der Waals surface area contributed by atoms with Crippen LogP contribution in [0.15, 0.2) is 42.5 Å². The van der Waals surface area contributed by atoms with Crippen LogP contribution in [-0.4, -0.2) is 24.4 Å². The van der Waals surface area contributed by atoms with Crippen LogP contribution in [-0.2, 0) is 16.0 Å². The third-order valence-corrected chi connectivity index (χ3v) is 5.05. The minimum Gasteiger partial charge on any atom is -0.312 e. The number of para-hydroxylation sites is 1. The Morgan fingerprint density at radius 1 is 1.15 bits per heavy atom. The zero-order valence-electron chi connectivity index (χ0n) is 16.0. The lowest BCUT2D eigenvalue weighted by atomic mass is 10.1. The van der Waals surface area contributed by atoms with Gasteiger partial charge in [0, 0.05) is 37.3 Å². The fourth-order valence-corrected chi connectivity index (χ4v) is 3.83. The van der Waals surface area contributed by atoms with Crippen molar-refractivity contribution in [2.24, 2.45) is 0 Å². The summed E-state index contributed by atoms with van der Waals surface area (Å²) in [4.78, 5) is 28.7. The molecule has 0 saturated heterocycles. The average Bonchev–Trinajstić information content (AvgIpc) is 2.92. The highest BCUT2D eigenvalue weighted by atomic mass is 16.2. The second-order valence-electron chi connectivity index (χ2n) is 7.16. The average molecular weight is 350 g/mol. The largest absolute Gasteiger partial charge is 0.312 e. The van der Waals surface area contributed by atoms with Gasteiger partial charge in [0.25, 0.3) is 0 Å². The van der Waals surface area contributed by atoms with Crippen LogP contribution in [0.2, 0.25) is 0 Å². The third-order valence-electron chi connectivity index (χ3n) is 5.05. The van der Waals surface area contributed by atoms with Crippen molar-refractivity contribution in [3.05, 3.63) is 59.2 Å². The maximum Gasteiger partial charge on any atom is 0.229 e. The van der Waals surface area contributed by atoms with Gasteiger partial charge in [0.2, 0.25) is 11.8 Å². The van der Waals surface area contributed by atoms with Crippen molar-refractivity contribution in [1.82, 2.24) is 0 Å². The maximum absolute atomic E-state index is 12.9. The quantitative estimate of drug-likeness (QED) is 0.835. The topological polar surface area (TPSA) is 40.6 Å². The fraction of sp³-hybridized carbons (Fsp3) is 0.364. The first kappa shape index (κ1) is 18.2. The van der Waals surface area contributed by atoms with Crippen molar-refractivity contribution in [3.63, 3.8) is 0 Å². The predicted octanol–water partition coefficient (Wildman–Crippen LogP) is 4.02. The molecule has 0 bridgehead atoms. The number of fused-ring (bicyclic) bond motifs is 1. The summed E-state index contributed by atoms with van der Waals surface area (Å²) >= 11 is 0. The molecule has 4 nitrogen and oxygen atoms in total. The van der Waals surface area contributed by atoms with E-state index in [-0.39, 0.29) is 17.9 Å². The van der Waals surface area contributed by atoms with E-state index < -0.39 is 0 Å². The molecular weight excluding hydrogens is 324 g/mol. The molecule has 2 aromatic carbocycles. The summed E-state index contributed by atoms with van der Waals surface area (Å²) in [5.74, 6) is 0.0260. The predicted molar refractivity (Wildman–Crippen MR) is 106 cm³/mol. The number of aryl methyl sites for hydroxylation is 2. The zero-order valence-corrected chi connectivity index (χ0v) is 16.0. The van der Waals surface area contributed by atoms with E-state index in [1.54, 1.807) is 11.8 Å². The van der Waals surface area contributed by atoms with Gasteiger partial charge < -0.3 is 9.80 Å². The number of hydrogen-bond acceptors (Lipinski definition) is 2. The summed E-state index contributed by atoms with van der Waals surface area (Å²) in [6.07, 6.45) is 1.20. The number of anilines is 2. The van der Waals surface area contributed by atoms with Crippen molar-refractivity contribution < 1.29 is 9.59 Å². The summed E-state index contributed by atoms with van der Waals surface area (Å²) in [6, 6.07) is 14.2. The minimum atomic E-state index is -0.0420. The molecule has 0 aromatic heterocycles. The molecule has 0 aliphatic carbocycles. The molecule has 1 atom stereocenters. The smallest absolute Gasteiger partial charge is 0.229 e. The molecular formula is C22H26N2O2. The highest BCUT2D eigenvalue weighted by Gasteiger charge is 2.30. The number of hydrogen-bond donors (Lipinski definition) is 0. The standard InChI is InChI=1S/C22H26N2O2/c1-15-9-10-20(16(2)13-15)23(18(4)25)12-11-22(26)24-17(3)14-19-7-5-6-8-21(19)24/h5-10,13,17H,11-12,14H2,1-4H3. The van der Waals surface area contributed by atoms with Crippen molar-refractivity contribution >= 4 is 23.2 Å². The van der Waals surface area contributed by atoms with Gasteiger partial charge in [-0.2, -0.15) is 0 Å². The van der Waals surface area contributed by atoms with Gasteiger partial charge in [-0.25, -0.2) is 0 Å². The number of carbonyl (C=O) groups excluding carboxylic acids is 2. The van der Waals surface area contributed by atoms with Crippen LogP contribution in [0.25, 0.3) is 0 Å². The number of amides is 2. The van der Waals surface area contributed by atoms with Gasteiger partial charge in [-0.05, 0) is 50.5 Å². The first-order valence-electron chi connectivity index (χ1n) is 9.14. The Morgan fingerprint density at radius 3 is 2.58 bits per heavy atom. The van der Waals surface area contributed by atoms with Crippen molar-refractivity contribution in [1.29, 1.82) is 0 Å². The van der Waals surface area contributed by atoms with Gasteiger partial charge in [-0.3, -0.25) is 9.59 Å². The second-order valence-corrected chi connectivity index (χ2v) is 7.16. The maximum atomic E-state index is 12.9. The third kappa shape index (κ3) is 3.50. The molecule has 136 valence electrons. The molecule has 1 aliphatic heterocycles. The molecule has 2 aromatic rings. The number of nitrogens with zero attached hydrogens (tertiary/aromatic N) is 2.